The van der Waals surface area contributed by atoms with Crippen LogP contribution in [0.2, 0.25) is 0 Å². The van der Waals surface area contributed by atoms with Gasteiger partial charge in [0.2, 0.25) is 5.91 Å². The number of nitrogens with one attached hydrogen (secondary N) is 1. The minimum absolute atomic E-state index is 0.0248. The van der Waals surface area contributed by atoms with E-state index in [2.05, 4.69) is 22.2 Å². The van der Waals surface area contributed by atoms with E-state index in [1.807, 2.05) is 43.3 Å². The molecular weight excluding hydrogens is 460 g/mol. The number of rotatable bonds is 8. The zero-order chi connectivity index (χ0) is 24.8. The molecular formula is C27H32N4O3S. The number of amides is 1. The number of para-hydroxylation sites is 2. The number of likely N-dealkylation sites (N-methyl/N-ethyl adjacent to an activating group) is 1. The van der Waals surface area contributed by atoms with E-state index in [0.717, 1.165) is 43.1 Å². The molecule has 7 nitrogen and oxygen atoms in total. The van der Waals surface area contributed by atoms with Crippen molar-refractivity contribution in [1.29, 1.82) is 0 Å². The lowest BCUT2D eigenvalue weighted by Crippen LogP contribution is -2.44. The minimum Gasteiger partial charge on any atom is -0.367 e. The number of hydrogen-bond acceptors (Lipinski definition) is 5. The second-order valence-corrected chi connectivity index (χ2v) is 10.7. The fraction of sp³-hybridized carbons (Fsp3) is 0.296. The van der Waals surface area contributed by atoms with Gasteiger partial charge in [0, 0.05) is 39.1 Å². The Morgan fingerprint density at radius 2 is 1.51 bits per heavy atom. The second-order valence-electron chi connectivity index (χ2n) is 8.83. The van der Waals surface area contributed by atoms with Gasteiger partial charge in [-0.1, -0.05) is 48.0 Å². The summed E-state index contributed by atoms with van der Waals surface area (Å²) in [7, 11) is -1.72. The first-order valence-corrected chi connectivity index (χ1v) is 13.3. The van der Waals surface area contributed by atoms with Crippen molar-refractivity contribution in [2.75, 3.05) is 54.3 Å². The molecule has 0 radical (unpaired) electrons. The van der Waals surface area contributed by atoms with Gasteiger partial charge in [-0.25, -0.2) is 8.42 Å². The summed E-state index contributed by atoms with van der Waals surface area (Å²) in [6, 6.07) is 23.4. The van der Waals surface area contributed by atoms with Crippen molar-refractivity contribution in [2.45, 2.75) is 18.2 Å². The highest BCUT2D eigenvalue weighted by Gasteiger charge is 2.26. The van der Waals surface area contributed by atoms with E-state index in [4.69, 9.17) is 0 Å². The molecule has 0 spiro atoms. The van der Waals surface area contributed by atoms with Gasteiger partial charge in [-0.3, -0.25) is 9.10 Å². The molecule has 1 N–H and O–H groups in total. The second kappa shape index (κ2) is 10.9. The summed E-state index contributed by atoms with van der Waals surface area (Å²) in [5.41, 5.74) is 3.30. The van der Waals surface area contributed by atoms with Crippen LogP contribution in [0.25, 0.3) is 0 Å². The van der Waals surface area contributed by atoms with E-state index in [0.29, 0.717) is 5.69 Å². The van der Waals surface area contributed by atoms with Crippen molar-refractivity contribution in [2.24, 2.45) is 0 Å². The number of nitrogens with zero attached hydrogens (tertiary/aromatic N) is 3. The summed E-state index contributed by atoms with van der Waals surface area (Å²) in [4.78, 5) is 17.7. The summed E-state index contributed by atoms with van der Waals surface area (Å²) in [5.74, 6) is -0.230. The largest absolute Gasteiger partial charge is 0.367 e. The molecule has 35 heavy (non-hydrogen) atoms. The Kier molecular flexibility index (Phi) is 7.73. The SMILES string of the molecule is Cc1ccc(N(CCC(=O)Nc2ccccc2N2CCN(C)CC2)S(=O)(=O)c2ccccc2)cc1. The molecule has 1 saturated heterocycles. The molecule has 3 aromatic carbocycles. The molecule has 0 saturated carbocycles. The van der Waals surface area contributed by atoms with Gasteiger partial charge < -0.3 is 15.1 Å². The van der Waals surface area contributed by atoms with Gasteiger partial charge in [0.15, 0.2) is 0 Å². The van der Waals surface area contributed by atoms with E-state index in [9.17, 15) is 13.2 Å². The van der Waals surface area contributed by atoms with Crippen LogP contribution in [-0.2, 0) is 14.8 Å². The summed E-state index contributed by atoms with van der Waals surface area (Å²) in [6.07, 6.45) is 0.0248. The van der Waals surface area contributed by atoms with Crippen molar-refractivity contribution in [3.05, 3.63) is 84.4 Å². The molecule has 0 bridgehead atoms. The van der Waals surface area contributed by atoms with Crippen LogP contribution in [0, 0.1) is 6.92 Å². The number of aryl methyl sites for hydroxylation is 1. The molecule has 3 aromatic rings. The summed E-state index contributed by atoms with van der Waals surface area (Å²) < 4.78 is 28.2. The average Bonchev–Trinajstić information content (AvgIpc) is 2.86. The Bertz CT molecular complexity index is 1240. The predicted octanol–water partition coefficient (Wildman–Crippen LogP) is 3.97. The highest BCUT2D eigenvalue weighted by atomic mass is 32.2. The lowest BCUT2D eigenvalue weighted by atomic mass is 10.2. The standard InChI is InChI=1S/C27H32N4O3S/c1-22-12-14-23(15-13-22)31(35(33,34)24-8-4-3-5-9-24)17-16-27(32)28-25-10-6-7-11-26(25)30-20-18-29(2)19-21-30/h3-15H,16-21H2,1-2H3,(H,28,32). The number of piperazine rings is 1. The van der Waals surface area contributed by atoms with Gasteiger partial charge >= 0.3 is 0 Å². The molecule has 4 rings (SSSR count). The van der Waals surface area contributed by atoms with Crippen LogP contribution in [0.5, 0.6) is 0 Å². The van der Waals surface area contributed by atoms with E-state index in [1.165, 1.54) is 4.31 Å². The van der Waals surface area contributed by atoms with E-state index >= 15 is 0 Å². The molecule has 0 atom stereocenters. The number of carbonyl (C=O) groups is 1. The van der Waals surface area contributed by atoms with E-state index in [1.54, 1.807) is 42.5 Å². The maximum Gasteiger partial charge on any atom is 0.264 e. The summed E-state index contributed by atoms with van der Waals surface area (Å²) in [6.45, 7) is 5.68. The molecule has 184 valence electrons. The smallest absolute Gasteiger partial charge is 0.264 e. The Morgan fingerprint density at radius 3 is 2.20 bits per heavy atom. The molecule has 0 aromatic heterocycles. The van der Waals surface area contributed by atoms with Crippen LogP contribution in [0.4, 0.5) is 17.1 Å². The molecule has 8 heteroatoms. The Hall–Kier alpha value is -3.36. The van der Waals surface area contributed by atoms with Crippen LogP contribution in [0.3, 0.4) is 0 Å². The van der Waals surface area contributed by atoms with Crippen molar-refractivity contribution < 1.29 is 13.2 Å². The zero-order valence-corrected chi connectivity index (χ0v) is 21.0. The topological polar surface area (TPSA) is 73.0 Å². The van der Waals surface area contributed by atoms with Crippen molar-refractivity contribution >= 4 is 33.0 Å². The quantitative estimate of drug-likeness (QED) is 0.515. The molecule has 0 unspecified atom stereocenters. The molecule has 1 aliphatic rings. The fourth-order valence-corrected chi connectivity index (χ4v) is 5.62. The van der Waals surface area contributed by atoms with Crippen molar-refractivity contribution in [3.63, 3.8) is 0 Å². The van der Waals surface area contributed by atoms with Gasteiger partial charge in [0.25, 0.3) is 10.0 Å². The number of hydrogen-bond donors (Lipinski definition) is 1. The van der Waals surface area contributed by atoms with Crippen LogP contribution >= 0.6 is 0 Å². The monoisotopic (exact) mass is 492 g/mol. The zero-order valence-electron chi connectivity index (χ0n) is 20.2. The van der Waals surface area contributed by atoms with Gasteiger partial charge in [0.05, 0.1) is 22.0 Å². The molecule has 1 amide bonds. The lowest BCUT2D eigenvalue weighted by molar-refractivity contribution is -0.116. The van der Waals surface area contributed by atoms with E-state index in [-0.39, 0.29) is 23.8 Å². The number of carbonyl (C=O) groups excluding carboxylic acids is 1. The molecule has 1 heterocycles. The number of anilines is 3. The maximum absolute atomic E-state index is 13.5. The summed E-state index contributed by atoms with van der Waals surface area (Å²) in [5, 5.41) is 3.01. The fourth-order valence-electron chi connectivity index (χ4n) is 4.14. The predicted molar refractivity (Wildman–Crippen MR) is 142 cm³/mol. The third-order valence-electron chi connectivity index (χ3n) is 6.22. The molecule has 1 fully saturated rings. The first-order valence-electron chi connectivity index (χ1n) is 11.8. The van der Waals surface area contributed by atoms with Gasteiger partial charge in [-0.15, -0.1) is 0 Å². The molecule has 0 aliphatic carbocycles. The highest BCUT2D eigenvalue weighted by Crippen LogP contribution is 2.28. The Balaban J connectivity index is 1.51. The Morgan fingerprint density at radius 1 is 0.886 bits per heavy atom. The number of sulfonamides is 1. The average molecular weight is 493 g/mol. The van der Waals surface area contributed by atoms with Gasteiger partial charge in [-0.2, -0.15) is 0 Å². The minimum atomic E-state index is -3.83. The van der Waals surface area contributed by atoms with Gasteiger partial charge in [0.1, 0.15) is 0 Å². The van der Waals surface area contributed by atoms with Crippen molar-refractivity contribution in [1.82, 2.24) is 4.90 Å². The van der Waals surface area contributed by atoms with Crippen LogP contribution in [0.15, 0.2) is 83.8 Å². The first-order chi connectivity index (χ1) is 16.8. The third kappa shape index (κ3) is 6.01. The number of benzene rings is 3. The maximum atomic E-state index is 13.5. The summed E-state index contributed by atoms with van der Waals surface area (Å²) >= 11 is 0. The van der Waals surface area contributed by atoms with Crippen LogP contribution in [-0.4, -0.2) is 59.0 Å². The normalized spacial score (nSPS) is 14.5. The van der Waals surface area contributed by atoms with Crippen LogP contribution in [0.1, 0.15) is 12.0 Å². The highest BCUT2D eigenvalue weighted by molar-refractivity contribution is 7.92. The lowest BCUT2D eigenvalue weighted by Gasteiger charge is -2.35. The van der Waals surface area contributed by atoms with Gasteiger partial charge in [-0.05, 0) is 50.4 Å². The van der Waals surface area contributed by atoms with Crippen LogP contribution < -0.4 is 14.5 Å². The molecule has 1 aliphatic heterocycles. The van der Waals surface area contributed by atoms with Crippen molar-refractivity contribution in [3.8, 4) is 0 Å². The first kappa shape index (κ1) is 24.8. The Labute approximate surface area is 208 Å². The van der Waals surface area contributed by atoms with E-state index < -0.39 is 10.0 Å². The third-order valence-corrected chi connectivity index (χ3v) is 8.06.